The van der Waals surface area contributed by atoms with Gasteiger partial charge in [-0.1, -0.05) is 0 Å². The molecule has 1 aromatic carbocycles. The predicted octanol–water partition coefficient (Wildman–Crippen LogP) is 1.83. The number of hydrogen-bond acceptors (Lipinski definition) is 3. The van der Waals surface area contributed by atoms with E-state index in [1.165, 1.54) is 0 Å². The van der Waals surface area contributed by atoms with Gasteiger partial charge in [-0.2, -0.15) is 0 Å². The van der Waals surface area contributed by atoms with Crippen molar-refractivity contribution in [1.29, 1.82) is 0 Å². The van der Waals surface area contributed by atoms with E-state index in [0.717, 1.165) is 36.3 Å². The first-order chi connectivity index (χ1) is 8.74. The van der Waals surface area contributed by atoms with Crippen LogP contribution in [0.15, 0.2) is 18.2 Å². The molecular weight excluding hydrogens is 230 g/mol. The third-order valence-electron chi connectivity index (χ3n) is 3.52. The SMILES string of the molecule is CN1Cc2cc(OCC3CCCO3)ccc2C1=O. The van der Waals surface area contributed by atoms with Crippen LogP contribution in [0.3, 0.4) is 0 Å². The lowest BCUT2D eigenvalue weighted by Gasteiger charge is -2.11. The molecule has 4 nitrogen and oxygen atoms in total. The molecule has 1 atom stereocenters. The van der Waals surface area contributed by atoms with Crippen LogP contribution < -0.4 is 4.74 Å². The summed E-state index contributed by atoms with van der Waals surface area (Å²) in [6.07, 6.45) is 2.42. The summed E-state index contributed by atoms with van der Waals surface area (Å²) < 4.78 is 11.2. The van der Waals surface area contributed by atoms with Crippen molar-refractivity contribution in [2.75, 3.05) is 20.3 Å². The van der Waals surface area contributed by atoms with E-state index in [1.54, 1.807) is 4.90 Å². The zero-order chi connectivity index (χ0) is 12.5. The molecule has 1 aromatic rings. The monoisotopic (exact) mass is 247 g/mol. The fourth-order valence-electron chi connectivity index (χ4n) is 2.50. The average molecular weight is 247 g/mol. The van der Waals surface area contributed by atoms with Gasteiger partial charge in [-0.25, -0.2) is 0 Å². The van der Waals surface area contributed by atoms with Crippen molar-refractivity contribution in [2.45, 2.75) is 25.5 Å². The molecule has 0 spiro atoms. The normalized spacial score (nSPS) is 22.4. The Kier molecular flexibility index (Phi) is 2.96. The van der Waals surface area contributed by atoms with Gasteiger partial charge in [0.15, 0.2) is 0 Å². The van der Waals surface area contributed by atoms with E-state index in [0.29, 0.717) is 13.2 Å². The summed E-state index contributed by atoms with van der Waals surface area (Å²) in [7, 11) is 1.81. The van der Waals surface area contributed by atoms with Gasteiger partial charge in [0.1, 0.15) is 12.4 Å². The highest BCUT2D eigenvalue weighted by molar-refractivity contribution is 5.98. The highest BCUT2D eigenvalue weighted by Gasteiger charge is 2.24. The summed E-state index contributed by atoms with van der Waals surface area (Å²) in [4.78, 5) is 13.5. The first-order valence-corrected chi connectivity index (χ1v) is 6.37. The van der Waals surface area contributed by atoms with Crippen LogP contribution in [0.4, 0.5) is 0 Å². The number of fused-ring (bicyclic) bond motifs is 1. The molecular formula is C14H17NO3. The van der Waals surface area contributed by atoms with Crippen molar-refractivity contribution in [2.24, 2.45) is 0 Å². The topological polar surface area (TPSA) is 38.8 Å². The van der Waals surface area contributed by atoms with Crippen LogP contribution >= 0.6 is 0 Å². The van der Waals surface area contributed by atoms with Gasteiger partial charge < -0.3 is 14.4 Å². The number of nitrogens with zero attached hydrogens (tertiary/aromatic N) is 1. The molecule has 3 rings (SSSR count). The first-order valence-electron chi connectivity index (χ1n) is 6.37. The number of benzene rings is 1. The number of amides is 1. The zero-order valence-corrected chi connectivity index (χ0v) is 10.5. The Morgan fingerprint density at radius 1 is 1.50 bits per heavy atom. The number of carbonyl (C=O) groups is 1. The molecule has 1 unspecified atom stereocenters. The van der Waals surface area contributed by atoms with E-state index in [1.807, 2.05) is 25.2 Å². The lowest BCUT2D eigenvalue weighted by atomic mass is 10.1. The van der Waals surface area contributed by atoms with E-state index in [2.05, 4.69) is 0 Å². The van der Waals surface area contributed by atoms with Crippen LogP contribution in [0.2, 0.25) is 0 Å². The van der Waals surface area contributed by atoms with Crippen molar-refractivity contribution >= 4 is 5.91 Å². The minimum Gasteiger partial charge on any atom is -0.491 e. The summed E-state index contributed by atoms with van der Waals surface area (Å²) in [5, 5.41) is 0. The van der Waals surface area contributed by atoms with Crippen molar-refractivity contribution < 1.29 is 14.3 Å². The second-order valence-corrected chi connectivity index (χ2v) is 4.93. The highest BCUT2D eigenvalue weighted by atomic mass is 16.5. The van der Waals surface area contributed by atoms with Crippen LogP contribution in [-0.2, 0) is 11.3 Å². The summed E-state index contributed by atoms with van der Waals surface area (Å²) in [5.74, 6) is 0.919. The van der Waals surface area contributed by atoms with Gasteiger partial charge in [-0.15, -0.1) is 0 Å². The molecule has 1 fully saturated rings. The van der Waals surface area contributed by atoms with E-state index >= 15 is 0 Å². The molecule has 1 amide bonds. The first kappa shape index (κ1) is 11.5. The Morgan fingerprint density at radius 3 is 3.17 bits per heavy atom. The molecule has 0 bridgehead atoms. The molecule has 4 heteroatoms. The van der Waals surface area contributed by atoms with Crippen molar-refractivity contribution in [3.8, 4) is 5.75 Å². The van der Waals surface area contributed by atoms with Gasteiger partial charge >= 0.3 is 0 Å². The Balaban J connectivity index is 1.67. The maximum atomic E-state index is 11.7. The van der Waals surface area contributed by atoms with Gasteiger partial charge in [0.2, 0.25) is 0 Å². The van der Waals surface area contributed by atoms with Crippen LogP contribution in [-0.4, -0.2) is 37.2 Å². The quantitative estimate of drug-likeness (QED) is 0.818. The molecule has 0 N–H and O–H groups in total. The largest absolute Gasteiger partial charge is 0.491 e. The minimum absolute atomic E-state index is 0.0932. The number of hydrogen-bond donors (Lipinski definition) is 0. The molecule has 0 aliphatic carbocycles. The van der Waals surface area contributed by atoms with Crippen molar-refractivity contribution in [3.05, 3.63) is 29.3 Å². The Morgan fingerprint density at radius 2 is 2.39 bits per heavy atom. The highest BCUT2D eigenvalue weighted by Crippen LogP contribution is 2.26. The molecule has 2 aliphatic heterocycles. The molecule has 2 heterocycles. The van der Waals surface area contributed by atoms with Gasteiger partial charge in [-0.05, 0) is 36.6 Å². The van der Waals surface area contributed by atoms with E-state index < -0.39 is 0 Å². The number of ether oxygens (including phenoxy) is 2. The van der Waals surface area contributed by atoms with Crippen LogP contribution in [0.1, 0.15) is 28.8 Å². The fraction of sp³-hybridized carbons (Fsp3) is 0.500. The number of carbonyl (C=O) groups excluding carboxylic acids is 1. The van der Waals surface area contributed by atoms with Crippen LogP contribution in [0.5, 0.6) is 5.75 Å². The van der Waals surface area contributed by atoms with E-state index in [-0.39, 0.29) is 12.0 Å². The number of rotatable bonds is 3. The average Bonchev–Trinajstić information content (AvgIpc) is 2.97. The summed E-state index contributed by atoms with van der Waals surface area (Å²) >= 11 is 0. The smallest absolute Gasteiger partial charge is 0.254 e. The molecule has 1 saturated heterocycles. The van der Waals surface area contributed by atoms with Crippen molar-refractivity contribution in [1.82, 2.24) is 4.90 Å². The van der Waals surface area contributed by atoms with Crippen LogP contribution in [0.25, 0.3) is 0 Å². The molecule has 18 heavy (non-hydrogen) atoms. The van der Waals surface area contributed by atoms with E-state index in [9.17, 15) is 4.79 Å². The fourth-order valence-corrected chi connectivity index (χ4v) is 2.50. The van der Waals surface area contributed by atoms with Crippen molar-refractivity contribution in [3.63, 3.8) is 0 Å². The second-order valence-electron chi connectivity index (χ2n) is 4.93. The lowest BCUT2D eigenvalue weighted by molar-refractivity contribution is 0.0679. The molecule has 0 aromatic heterocycles. The van der Waals surface area contributed by atoms with Gasteiger partial charge in [0.25, 0.3) is 5.91 Å². The maximum absolute atomic E-state index is 11.7. The molecule has 0 saturated carbocycles. The Bertz CT molecular complexity index is 466. The maximum Gasteiger partial charge on any atom is 0.254 e. The summed E-state index contributed by atoms with van der Waals surface area (Å²) in [6, 6.07) is 5.68. The van der Waals surface area contributed by atoms with Gasteiger partial charge in [0.05, 0.1) is 6.10 Å². The van der Waals surface area contributed by atoms with Gasteiger partial charge in [0, 0.05) is 25.8 Å². The summed E-state index contributed by atoms with van der Waals surface area (Å²) in [6.45, 7) is 2.12. The summed E-state index contributed by atoms with van der Waals surface area (Å²) in [5.41, 5.74) is 1.84. The Hall–Kier alpha value is -1.55. The Labute approximate surface area is 106 Å². The molecule has 2 aliphatic rings. The third-order valence-corrected chi connectivity index (χ3v) is 3.52. The van der Waals surface area contributed by atoms with Crippen LogP contribution in [0, 0.1) is 0 Å². The lowest BCUT2D eigenvalue weighted by Crippen LogP contribution is -2.17. The molecule has 96 valence electrons. The third kappa shape index (κ3) is 2.08. The van der Waals surface area contributed by atoms with E-state index in [4.69, 9.17) is 9.47 Å². The van der Waals surface area contributed by atoms with Gasteiger partial charge in [-0.3, -0.25) is 4.79 Å². The second kappa shape index (κ2) is 4.61. The zero-order valence-electron chi connectivity index (χ0n) is 10.5. The molecule has 0 radical (unpaired) electrons. The minimum atomic E-state index is 0.0932. The predicted molar refractivity (Wildman–Crippen MR) is 66.7 cm³/mol. The standard InChI is InChI=1S/C14H17NO3/c1-15-8-10-7-11(4-5-13(10)14(15)16)18-9-12-3-2-6-17-12/h4-5,7,12H,2-3,6,8-9H2,1H3.